The molecule has 0 spiro atoms. The van der Waals surface area contributed by atoms with Crippen molar-refractivity contribution in [3.05, 3.63) is 47.0 Å². The molecule has 96 valence electrons. The molecular weight excluding hydrogens is 296 g/mol. The Morgan fingerprint density at radius 1 is 1.50 bits per heavy atom. The second kappa shape index (κ2) is 7.71. The Bertz CT molecular complexity index is 452. The monoisotopic (exact) mass is 310 g/mol. The molecule has 0 unspecified atom stereocenters. The SMILES string of the molecule is C=CCCCOc1ccc(Br)c(/C=C/C(=O)O)c1. The summed E-state index contributed by atoms with van der Waals surface area (Å²) in [7, 11) is 0. The highest BCUT2D eigenvalue weighted by molar-refractivity contribution is 9.10. The Hall–Kier alpha value is -1.55. The first-order valence-electron chi connectivity index (χ1n) is 5.57. The van der Waals surface area contributed by atoms with Crippen LogP contribution in [0.4, 0.5) is 0 Å². The van der Waals surface area contributed by atoms with Crippen LogP contribution in [0, 0.1) is 0 Å². The molecule has 3 nitrogen and oxygen atoms in total. The van der Waals surface area contributed by atoms with Crippen molar-refractivity contribution in [2.24, 2.45) is 0 Å². The molecule has 0 aliphatic heterocycles. The molecule has 18 heavy (non-hydrogen) atoms. The summed E-state index contributed by atoms with van der Waals surface area (Å²) in [4.78, 5) is 10.5. The van der Waals surface area contributed by atoms with Crippen LogP contribution in [0.2, 0.25) is 0 Å². The van der Waals surface area contributed by atoms with Gasteiger partial charge in [-0.2, -0.15) is 0 Å². The average molecular weight is 311 g/mol. The summed E-state index contributed by atoms with van der Waals surface area (Å²) >= 11 is 3.36. The molecule has 0 bridgehead atoms. The molecule has 0 heterocycles. The highest BCUT2D eigenvalue weighted by Gasteiger charge is 2.00. The summed E-state index contributed by atoms with van der Waals surface area (Å²) in [5.41, 5.74) is 0.777. The minimum atomic E-state index is -0.973. The first-order valence-corrected chi connectivity index (χ1v) is 6.37. The second-order valence-electron chi connectivity index (χ2n) is 3.63. The van der Waals surface area contributed by atoms with E-state index >= 15 is 0 Å². The fourth-order valence-corrected chi connectivity index (χ4v) is 1.70. The molecule has 0 saturated carbocycles. The zero-order valence-corrected chi connectivity index (χ0v) is 11.5. The van der Waals surface area contributed by atoms with Crippen LogP contribution in [0.3, 0.4) is 0 Å². The largest absolute Gasteiger partial charge is 0.494 e. The quantitative estimate of drug-likeness (QED) is 0.472. The van der Waals surface area contributed by atoms with E-state index in [-0.39, 0.29) is 0 Å². The van der Waals surface area contributed by atoms with Gasteiger partial charge in [0.15, 0.2) is 0 Å². The van der Waals surface area contributed by atoms with Gasteiger partial charge in [-0.25, -0.2) is 4.79 Å². The highest BCUT2D eigenvalue weighted by atomic mass is 79.9. The third kappa shape index (κ3) is 5.19. The lowest BCUT2D eigenvalue weighted by molar-refractivity contribution is -0.131. The Morgan fingerprint density at radius 3 is 2.94 bits per heavy atom. The normalized spacial score (nSPS) is 10.5. The molecule has 0 fully saturated rings. The number of rotatable bonds is 7. The van der Waals surface area contributed by atoms with Gasteiger partial charge in [0.25, 0.3) is 0 Å². The van der Waals surface area contributed by atoms with Crippen LogP contribution >= 0.6 is 15.9 Å². The van der Waals surface area contributed by atoms with Crippen LogP contribution in [0.25, 0.3) is 6.08 Å². The van der Waals surface area contributed by atoms with E-state index in [4.69, 9.17) is 9.84 Å². The minimum Gasteiger partial charge on any atom is -0.494 e. The molecule has 0 amide bonds. The number of carbonyl (C=O) groups is 1. The van der Waals surface area contributed by atoms with Gasteiger partial charge in [0, 0.05) is 10.5 Å². The smallest absolute Gasteiger partial charge is 0.328 e. The Balaban J connectivity index is 2.68. The van der Waals surface area contributed by atoms with E-state index in [1.165, 1.54) is 6.08 Å². The van der Waals surface area contributed by atoms with Gasteiger partial charge in [-0.05, 0) is 42.7 Å². The lowest BCUT2D eigenvalue weighted by Gasteiger charge is -2.07. The van der Waals surface area contributed by atoms with Gasteiger partial charge in [0.05, 0.1) is 6.61 Å². The van der Waals surface area contributed by atoms with E-state index in [0.717, 1.165) is 34.7 Å². The first kappa shape index (κ1) is 14.5. The fourth-order valence-electron chi connectivity index (χ4n) is 1.32. The number of benzene rings is 1. The minimum absolute atomic E-state index is 0.621. The zero-order valence-electron chi connectivity index (χ0n) is 9.93. The third-order valence-corrected chi connectivity index (χ3v) is 2.92. The number of unbranched alkanes of at least 4 members (excludes halogenated alkanes) is 1. The highest BCUT2D eigenvalue weighted by Crippen LogP contribution is 2.24. The third-order valence-electron chi connectivity index (χ3n) is 2.19. The molecular formula is C14H15BrO3. The van der Waals surface area contributed by atoms with E-state index in [1.54, 1.807) is 6.07 Å². The Labute approximate surface area is 115 Å². The van der Waals surface area contributed by atoms with Crippen molar-refractivity contribution in [1.82, 2.24) is 0 Å². The number of halogens is 1. The molecule has 0 aromatic heterocycles. The van der Waals surface area contributed by atoms with Gasteiger partial charge in [0.2, 0.25) is 0 Å². The van der Waals surface area contributed by atoms with Gasteiger partial charge < -0.3 is 9.84 Å². The molecule has 1 N–H and O–H groups in total. The van der Waals surface area contributed by atoms with Crippen molar-refractivity contribution < 1.29 is 14.6 Å². The number of carboxylic acids is 1. The maximum atomic E-state index is 10.5. The zero-order chi connectivity index (χ0) is 13.4. The van der Waals surface area contributed by atoms with Gasteiger partial charge in [-0.15, -0.1) is 6.58 Å². The maximum Gasteiger partial charge on any atom is 0.328 e. The molecule has 0 saturated heterocycles. The van der Waals surface area contributed by atoms with Crippen LogP contribution in [-0.4, -0.2) is 17.7 Å². The predicted molar refractivity (Wildman–Crippen MR) is 75.7 cm³/mol. The number of hydrogen-bond donors (Lipinski definition) is 1. The molecule has 4 heteroatoms. The van der Waals surface area contributed by atoms with Gasteiger partial charge >= 0.3 is 5.97 Å². The topological polar surface area (TPSA) is 46.5 Å². The van der Waals surface area contributed by atoms with Crippen LogP contribution in [0.1, 0.15) is 18.4 Å². The molecule has 0 aliphatic rings. The summed E-state index contributed by atoms with van der Waals surface area (Å²) in [5, 5.41) is 8.59. The Kier molecular flexibility index (Phi) is 6.22. The molecule has 0 radical (unpaired) electrons. The molecule has 0 aliphatic carbocycles. The van der Waals surface area contributed by atoms with Crippen molar-refractivity contribution in [3.63, 3.8) is 0 Å². The average Bonchev–Trinajstić information content (AvgIpc) is 2.34. The van der Waals surface area contributed by atoms with Crippen molar-refractivity contribution in [2.75, 3.05) is 6.61 Å². The second-order valence-corrected chi connectivity index (χ2v) is 4.49. The van der Waals surface area contributed by atoms with Gasteiger partial charge in [-0.3, -0.25) is 0 Å². The summed E-state index contributed by atoms with van der Waals surface area (Å²) in [6.45, 7) is 4.27. The lowest BCUT2D eigenvalue weighted by Crippen LogP contribution is -1.96. The first-order chi connectivity index (χ1) is 8.63. The van der Waals surface area contributed by atoms with Crippen LogP contribution in [0.5, 0.6) is 5.75 Å². The van der Waals surface area contributed by atoms with Gasteiger partial charge in [-0.1, -0.05) is 22.0 Å². The number of allylic oxidation sites excluding steroid dienone is 1. The van der Waals surface area contributed by atoms with E-state index in [2.05, 4.69) is 22.5 Å². The summed E-state index contributed by atoms with van der Waals surface area (Å²) in [5.74, 6) is -0.244. The van der Waals surface area contributed by atoms with Crippen molar-refractivity contribution >= 4 is 28.0 Å². The summed E-state index contributed by atoms with van der Waals surface area (Å²) in [6, 6.07) is 5.48. The van der Waals surface area contributed by atoms with E-state index in [0.29, 0.717) is 6.61 Å². The van der Waals surface area contributed by atoms with Crippen molar-refractivity contribution in [1.29, 1.82) is 0 Å². The molecule has 1 rings (SSSR count). The van der Waals surface area contributed by atoms with Gasteiger partial charge in [0.1, 0.15) is 5.75 Å². The lowest BCUT2D eigenvalue weighted by atomic mass is 10.2. The van der Waals surface area contributed by atoms with Crippen molar-refractivity contribution in [3.8, 4) is 5.75 Å². The maximum absolute atomic E-state index is 10.5. The fraction of sp³-hybridized carbons (Fsp3) is 0.214. The van der Waals surface area contributed by atoms with E-state index in [9.17, 15) is 4.79 Å². The standard InChI is InChI=1S/C14H15BrO3/c1-2-3-4-9-18-12-6-7-13(15)11(10-12)5-8-14(16)17/h2,5-8,10H,1,3-4,9H2,(H,16,17)/b8-5+. The summed E-state index contributed by atoms with van der Waals surface area (Å²) < 4.78 is 6.39. The molecule has 1 aromatic rings. The predicted octanol–water partition coefficient (Wildman–Crippen LogP) is 3.89. The van der Waals surface area contributed by atoms with E-state index in [1.807, 2.05) is 18.2 Å². The number of aliphatic carboxylic acids is 1. The molecule has 1 aromatic carbocycles. The van der Waals surface area contributed by atoms with Crippen molar-refractivity contribution in [2.45, 2.75) is 12.8 Å². The number of ether oxygens (including phenoxy) is 1. The van der Waals surface area contributed by atoms with Crippen LogP contribution < -0.4 is 4.74 Å². The molecule has 0 atom stereocenters. The van der Waals surface area contributed by atoms with Crippen LogP contribution in [0.15, 0.2) is 41.4 Å². The Morgan fingerprint density at radius 2 is 2.28 bits per heavy atom. The number of hydrogen-bond acceptors (Lipinski definition) is 2. The number of carboxylic acid groups (broad SMARTS) is 1. The van der Waals surface area contributed by atoms with Crippen LogP contribution in [-0.2, 0) is 4.79 Å². The van der Waals surface area contributed by atoms with E-state index < -0.39 is 5.97 Å². The summed E-state index contributed by atoms with van der Waals surface area (Å²) in [6.07, 6.45) is 6.32.